The molecule has 1 amide bonds. The zero-order valence-corrected chi connectivity index (χ0v) is 16.2. The minimum atomic E-state index is -0.0993. The Balaban J connectivity index is 1.51. The van der Waals surface area contributed by atoms with Gasteiger partial charge in [0.05, 0.1) is 12.1 Å². The molecule has 0 fully saturated rings. The van der Waals surface area contributed by atoms with Crippen molar-refractivity contribution >= 4 is 50.5 Å². The number of carbonyl (C=O) groups excluding carboxylic acids is 1. The number of carbonyl (C=O) groups is 1. The molecule has 3 aromatic rings. The van der Waals surface area contributed by atoms with Crippen LogP contribution in [-0.2, 0) is 17.8 Å². The number of rotatable bonds is 6. The monoisotopic (exact) mass is 436 g/mol. The van der Waals surface area contributed by atoms with E-state index >= 15 is 0 Å². The Labute approximate surface area is 162 Å². The highest BCUT2D eigenvalue weighted by atomic mass is 79.9. The van der Waals surface area contributed by atoms with Gasteiger partial charge in [-0.25, -0.2) is 4.98 Å². The van der Waals surface area contributed by atoms with Gasteiger partial charge in [0.15, 0.2) is 0 Å². The summed E-state index contributed by atoms with van der Waals surface area (Å²) in [4.78, 5) is 16.5. The Morgan fingerprint density at radius 3 is 2.60 bits per heavy atom. The van der Waals surface area contributed by atoms with E-state index in [0.717, 1.165) is 26.6 Å². The molecule has 4 nitrogen and oxygen atoms in total. The van der Waals surface area contributed by atoms with Crippen molar-refractivity contribution < 1.29 is 9.53 Å². The molecule has 0 aliphatic heterocycles. The average molecular weight is 438 g/mol. The maximum atomic E-state index is 12.1. The maximum absolute atomic E-state index is 12.1. The summed E-state index contributed by atoms with van der Waals surface area (Å²) in [6, 6.07) is 14.6. The van der Waals surface area contributed by atoms with Crippen LogP contribution in [0.15, 0.2) is 58.4 Å². The van der Waals surface area contributed by atoms with Crippen molar-refractivity contribution in [1.29, 1.82) is 0 Å². The van der Waals surface area contributed by atoms with Crippen molar-refractivity contribution in [1.82, 2.24) is 4.98 Å². The number of halogens is 2. The SMILES string of the molecule is O=C(Cc1csc(COc2ccc(Cl)cc2)n1)Nc1ccc(Br)cc1. The van der Waals surface area contributed by atoms with Gasteiger partial charge in [0.25, 0.3) is 0 Å². The average Bonchev–Trinajstić information content (AvgIpc) is 3.04. The molecule has 0 radical (unpaired) electrons. The van der Waals surface area contributed by atoms with Gasteiger partial charge in [-0.3, -0.25) is 4.79 Å². The van der Waals surface area contributed by atoms with Crippen LogP contribution in [0.25, 0.3) is 0 Å². The highest BCUT2D eigenvalue weighted by Gasteiger charge is 2.09. The number of hydrogen-bond acceptors (Lipinski definition) is 4. The van der Waals surface area contributed by atoms with Gasteiger partial charge in [0.2, 0.25) is 5.91 Å². The summed E-state index contributed by atoms with van der Waals surface area (Å²) in [5.41, 5.74) is 1.49. The Hall–Kier alpha value is -1.89. The molecular weight excluding hydrogens is 424 g/mol. The van der Waals surface area contributed by atoms with E-state index in [-0.39, 0.29) is 12.3 Å². The first-order valence-corrected chi connectivity index (χ1v) is 9.50. The molecule has 3 rings (SSSR count). The van der Waals surface area contributed by atoms with Gasteiger partial charge in [-0.2, -0.15) is 0 Å². The number of ether oxygens (including phenoxy) is 1. The topological polar surface area (TPSA) is 51.2 Å². The summed E-state index contributed by atoms with van der Waals surface area (Å²) in [7, 11) is 0. The van der Waals surface area contributed by atoms with Crippen LogP contribution in [-0.4, -0.2) is 10.9 Å². The van der Waals surface area contributed by atoms with Gasteiger partial charge >= 0.3 is 0 Å². The molecule has 1 aromatic heterocycles. The number of aromatic nitrogens is 1. The Kier molecular flexibility index (Phi) is 6.07. The minimum absolute atomic E-state index is 0.0993. The van der Waals surface area contributed by atoms with Crippen LogP contribution in [0.2, 0.25) is 5.02 Å². The molecule has 0 saturated carbocycles. The smallest absolute Gasteiger partial charge is 0.230 e. The summed E-state index contributed by atoms with van der Waals surface area (Å²) in [6.45, 7) is 0.362. The van der Waals surface area contributed by atoms with E-state index in [2.05, 4.69) is 26.2 Å². The van der Waals surface area contributed by atoms with Crippen molar-refractivity contribution in [2.75, 3.05) is 5.32 Å². The first-order valence-electron chi connectivity index (χ1n) is 7.45. The fraction of sp³-hybridized carbons (Fsp3) is 0.111. The normalized spacial score (nSPS) is 10.5. The fourth-order valence-electron chi connectivity index (χ4n) is 2.08. The number of nitrogens with one attached hydrogen (secondary N) is 1. The van der Waals surface area contributed by atoms with E-state index < -0.39 is 0 Å². The van der Waals surface area contributed by atoms with Crippen LogP contribution in [0.4, 0.5) is 5.69 Å². The maximum Gasteiger partial charge on any atom is 0.230 e. The van der Waals surface area contributed by atoms with Gasteiger partial charge in [-0.1, -0.05) is 27.5 Å². The first-order chi connectivity index (χ1) is 12.1. The van der Waals surface area contributed by atoms with E-state index in [4.69, 9.17) is 16.3 Å². The van der Waals surface area contributed by atoms with Gasteiger partial charge < -0.3 is 10.1 Å². The second-order valence-corrected chi connectivity index (χ2v) is 7.50. The largest absolute Gasteiger partial charge is 0.486 e. The molecule has 128 valence electrons. The summed E-state index contributed by atoms with van der Waals surface area (Å²) in [5, 5.41) is 6.22. The van der Waals surface area contributed by atoms with E-state index in [9.17, 15) is 4.79 Å². The Morgan fingerprint density at radius 1 is 1.16 bits per heavy atom. The van der Waals surface area contributed by atoms with Crippen molar-refractivity contribution in [3.8, 4) is 5.75 Å². The second kappa shape index (κ2) is 8.47. The van der Waals surface area contributed by atoms with E-state index in [0.29, 0.717) is 11.6 Å². The zero-order chi connectivity index (χ0) is 17.6. The second-order valence-electron chi connectivity index (χ2n) is 5.21. The van der Waals surface area contributed by atoms with Gasteiger partial charge in [-0.05, 0) is 48.5 Å². The van der Waals surface area contributed by atoms with Crippen LogP contribution in [0.3, 0.4) is 0 Å². The van der Waals surface area contributed by atoms with Crippen LogP contribution in [0, 0.1) is 0 Å². The summed E-state index contributed by atoms with van der Waals surface area (Å²) in [6.07, 6.45) is 0.230. The third kappa shape index (κ3) is 5.56. The lowest BCUT2D eigenvalue weighted by Crippen LogP contribution is -2.14. The number of anilines is 1. The van der Waals surface area contributed by atoms with Gasteiger partial charge in [0.1, 0.15) is 17.4 Å². The molecular formula is C18H14BrClN2O2S. The molecule has 7 heteroatoms. The lowest BCUT2D eigenvalue weighted by atomic mass is 10.3. The standard InChI is InChI=1S/C18H14BrClN2O2S/c19-12-1-5-14(6-2-12)21-17(23)9-15-11-25-18(22-15)10-24-16-7-3-13(20)4-8-16/h1-8,11H,9-10H2,(H,21,23). The summed E-state index contributed by atoms with van der Waals surface area (Å²) < 4.78 is 6.62. The highest BCUT2D eigenvalue weighted by Crippen LogP contribution is 2.19. The zero-order valence-electron chi connectivity index (χ0n) is 13.0. The molecule has 1 heterocycles. The number of benzene rings is 2. The van der Waals surface area contributed by atoms with Crippen molar-refractivity contribution in [3.05, 3.63) is 74.1 Å². The molecule has 0 aliphatic carbocycles. The van der Waals surface area contributed by atoms with Crippen molar-refractivity contribution in [2.24, 2.45) is 0 Å². The molecule has 25 heavy (non-hydrogen) atoms. The molecule has 0 aliphatic rings. The molecule has 0 atom stereocenters. The van der Waals surface area contributed by atoms with Gasteiger partial charge in [-0.15, -0.1) is 11.3 Å². The van der Waals surface area contributed by atoms with E-state index in [1.165, 1.54) is 11.3 Å². The quantitative estimate of drug-likeness (QED) is 0.568. The number of hydrogen-bond donors (Lipinski definition) is 1. The number of thiazole rings is 1. The first kappa shape index (κ1) is 17.9. The van der Waals surface area contributed by atoms with Gasteiger partial charge in [0, 0.05) is 20.6 Å². The van der Waals surface area contributed by atoms with Crippen molar-refractivity contribution in [3.63, 3.8) is 0 Å². The lowest BCUT2D eigenvalue weighted by Gasteiger charge is -2.04. The van der Waals surface area contributed by atoms with Crippen LogP contribution in [0.1, 0.15) is 10.7 Å². The predicted molar refractivity (Wildman–Crippen MR) is 104 cm³/mol. The van der Waals surface area contributed by atoms with Crippen LogP contribution in [0.5, 0.6) is 5.75 Å². The molecule has 0 bridgehead atoms. The number of amides is 1. The summed E-state index contributed by atoms with van der Waals surface area (Å²) in [5.74, 6) is 0.631. The number of nitrogens with zero attached hydrogens (tertiary/aromatic N) is 1. The molecule has 2 aromatic carbocycles. The third-order valence-electron chi connectivity index (χ3n) is 3.24. The third-order valence-corrected chi connectivity index (χ3v) is 4.90. The molecule has 0 spiro atoms. The lowest BCUT2D eigenvalue weighted by molar-refractivity contribution is -0.115. The minimum Gasteiger partial charge on any atom is -0.486 e. The van der Waals surface area contributed by atoms with E-state index in [1.54, 1.807) is 12.1 Å². The Morgan fingerprint density at radius 2 is 1.88 bits per heavy atom. The molecule has 1 N–H and O–H groups in total. The predicted octanol–water partition coefficient (Wildman–Crippen LogP) is 5.32. The molecule has 0 saturated heterocycles. The van der Waals surface area contributed by atoms with Crippen LogP contribution < -0.4 is 10.1 Å². The Bertz CT molecular complexity index is 850. The highest BCUT2D eigenvalue weighted by molar-refractivity contribution is 9.10. The fourth-order valence-corrected chi connectivity index (χ4v) is 3.17. The van der Waals surface area contributed by atoms with Crippen molar-refractivity contribution in [2.45, 2.75) is 13.0 Å². The molecule has 0 unspecified atom stereocenters. The summed E-state index contributed by atoms with van der Waals surface area (Å²) >= 11 is 10.7. The van der Waals surface area contributed by atoms with Crippen LogP contribution >= 0.6 is 38.9 Å². The van der Waals surface area contributed by atoms with E-state index in [1.807, 2.05) is 41.8 Å².